The molecule has 0 unspecified atom stereocenters. The molecule has 0 bridgehead atoms. The van der Waals surface area contributed by atoms with Gasteiger partial charge in [-0.15, -0.1) is 0 Å². The molecule has 0 spiro atoms. The van der Waals surface area contributed by atoms with Gasteiger partial charge >= 0.3 is 69.9 Å². The van der Waals surface area contributed by atoms with Crippen molar-refractivity contribution in [2.45, 2.75) is 44.9 Å². The molecule has 0 aliphatic carbocycles. The third-order valence-electron chi connectivity index (χ3n) is 2.05. The summed E-state index contributed by atoms with van der Waals surface area (Å²) in [7, 11) is 0. The zero-order valence-corrected chi connectivity index (χ0v) is 8.66. The van der Waals surface area contributed by atoms with Crippen LogP contribution in [0.25, 0.3) is 0 Å². The van der Waals surface area contributed by atoms with Gasteiger partial charge in [0.25, 0.3) is 0 Å². The van der Waals surface area contributed by atoms with Crippen molar-refractivity contribution in [1.82, 2.24) is 0 Å². The molecule has 0 saturated carbocycles. The van der Waals surface area contributed by atoms with Crippen molar-refractivity contribution in [3.05, 3.63) is 10.0 Å². The maximum absolute atomic E-state index is 2.33. The molecule has 0 N–H and O–H groups in total. The second-order valence-electron chi connectivity index (χ2n) is 2.86. The van der Waals surface area contributed by atoms with Crippen LogP contribution in [0.3, 0.4) is 0 Å². The van der Waals surface area contributed by atoms with Crippen molar-refractivity contribution in [2.24, 2.45) is 0 Å². The van der Waals surface area contributed by atoms with Crippen LogP contribution >= 0.6 is 0 Å². The van der Waals surface area contributed by atoms with Gasteiger partial charge in [0.05, 0.1) is 0 Å². The van der Waals surface area contributed by atoms with E-state index in [0.29, 0.717) is 0 Å². The van der Waals surface area contributed by atoms with Crippen LogP contribution in [0.1, 0.15) is 39.5 Å². The summed E-state index contributed by atoms with van der Waals surface area (Å²) in [6, 6.07) is 0. The number of hydrogen-bond donors (Lipinski definition) is 0. The van der Waals surface area contributed by atoms with Gasteiger partial charge in [-0.1, -0.05) is 0 Å². The summed E-state index contributed by atoms with van der Waals surface area (Å²) < 4.78 is 1.75. The van der Waals surface area contributed by atoms with E-state index in [0.717, 1.165) is 15.0 Å². The molecule has 58 valence electrons. The van der Waals surface area contributed by atoms with Crippen molar-refractivity contribution < 1.29 is 0 Å². The Kier molecular flexibility index (Phi) is 3.51. The van der Waals surface area contributed by atoms with E-state index in [1.165, 1.54) is 31.0 Å². The molecule has 1 heterocycles. The average molecular weight is 203 g/mol. The van der Waals surface area contributed by atoms with E-state index in [-0.39, 0.29) is 0 Å². The topological polar surface area (TPSA) is 0 Å². The van der Waals surface area contributed by atoms with Gasteiger partial charge in [0, 0.05) is 0 Å². The van der Waals surface area contributed by atoms with Crippen LogP contribution in [0.15, 0.2) is 10.0 Å². The normalized spacial score (nSPS) is 18.6. The fourth-order valence-corrected chi connectivity index (χ4v) is 3.53. The number of rotatable bonds is 3. The van der Waals surface area contributed by atoms with Crippen LogP contribution in [0.2, 0.25) is 5.32 Å². The summed E-state index contributed by atoms with van der Waals surface area (Å²) in [5.74, 6) is 0. The number of unbranched alkanes of at least 4 members (excludes halogenated alkanes) is 1. The van der Waals surface area contributed by atoms with Gasteiger partial charge in [-0.25, -0.2) is 0 Å². The Morgan fingerprint density at radius 3 is 2.80 bits per heavy atom. The molecule has 0 saturated heterocycles. The van der Waals surface area contributed by atoms with Gasteiger partial charge in [-0.2, -0.15) is 0 Å². The van der Waals surface area contributed by atoms with Crippen molar-refractivity contribution >= 4 is 15.0 Å². The minimum absolute atomic E-state index is 0.878. The molecule has 0 radical (unpaired) electrons. The first kappa shape index (κ1) is 8.36. The second-order valence-corrected chi connectivity index (χ2v) is 5.61. The second kappa shape index (κ2) is 4.20. The molecule has 0 atom stereocenters. The van der Waals surface area contributed by atoms with E-state index >= 15 is 0 Å². The van der Waals surface area contributed by atoms with Crippen LogP contribution < -0.4 is 0 Å². The Bertz CT molecular complexity index is 136. The standard InChI is InChI=1S/C9H16Se/c1-3-4-5-9-6-7-10-8(9)2/h3-7H2,1-2H3. The van der Waals surface area contributed by atoms with Crippen molar-refractivity contribution in [2.75, 3.05) is 0 Å². The Hall–Kier alpha value is 0.259. The van der Waals surface area contributed by atoms with E-state index in [1.807, 2.05) is 0 Å². The maximum atomic E-state index is 2.33. The summed E-state index contributed by atoms with van der Waals surface area (Å²) in [6.07, 6.45) is 5.57. The SMILES string of the molecule is CCCCC1=C(C)[Se]CC1. The van der Waals surface area contributed by atoms with Gasteiger partial charge in [-0.05, 0) is 0 Å². The molecule has 10 heavy (non-hydrogen) atoms. The van der Waals surface area contributed by atoms with Crippen LogP contribution in [0.5, 0.6) is 0 Å². The third-order valence-corrected chi connectivity index (χ3v) is 4.42. The van der Waals surface area contributed by atoms with Crippen molar-refractivity contribution in [3.8, 4) is 0 Å². The molecule has 0 aromatic carbocycles. The number of hydrogen-bond acceptors (Lipinski definition) is 0. The summed E-state index contributed by atoms with van der Waals surface area (Å²) in [4.78, 5) is 0. The summed E-state index contributed by atoms with van der Waals surface area (Å²) in [6.45, 7) is 4.61. The monoisotopic (exact) mass is 204 g/mol. The first-order valence-electron chi connectivity index (χ1n) is 4.16. The van der Waals surface area contributed by atoms with Crippen LogP contribution in [0.4, 0.5) is 0 Å². The third kappa shape index (κ3) is 2.14. The van der Waals surface area contributed by atoms with Crippen LogP contribution in [-0.2, 0) is 0 Å². The van der Waals surface area contributed by atoms with Crippen molar-refractivity contribution in [3.63, 3.8) is 0 Å². The predicted octanol–water partition coefficient (Wildman–Crippen LogP) is 2.98. The molecule has 1 rings (SSSR count). The van der Waals surface area contributed by atoms with Crippen LogP contribution in [-0.4, -0.2) is 15.0 Å². The Morgan fingerprint density at radius 1 is 1.50 bits per heavy atom. The van der Waals surface area contributed by atoms with E-state index in [2.05, 4.69) is 13.8 Å². The first-order valence-corrected chi connectivity index (χ1v) is 6.22. The van der Waals surface area contributed by atoms with Crippen molar-refractivity contribution in [1.29, 1.82) is 0 Å². The predicted molar refractivity (Wildman–Crippen MR) is 47.4 cm³/mol. The molecule has 0 nitrogen and oxygen atoms in total. The zero-order chi connectivity index (χ0) is 7.40. The summed E-state index contributed by atoms with van der Waals surface area (Å²) in [5, 5.41) is 1.48. The first-order chi connectivity index (χ1) is 4.84. The van der Waals surface area contributed by atoms with Gasteiger partial charge in [0.1, 0.15) is 0 Å². The van der Waals surface area contributed by atoms with Gasteiger partial charge in [0.2, 0.25) is 0 Å². The summed E-state index contributed by atoms with van der Waals surface area (Å²) >= 11 is 0.878. The fraction of sp³-hybridized carbons (Fsp3) is 0.778. The zero-order valence-electron chi connectivity index (χ0n) is 6.94. The van der Waals surface area contributed by atoms with E-state index in [1.54, 1.807) is 10.0 Å². The number of allylic oxidation sites excluding steroid dienone is 2. The van der Waals surface area contributed by atoms with Gasteiger partial charge in [-0.3, -0.25) is 0 Å². The fourth-order valence-electron chi connectivity index (χ4n) is 1.30. The van der Waals surface area contributed by atoms with Crippen LogP contribution in [0, 0.1) is 0 Å². The Morgan fingerprint density at radius 2 is 2.30 bits per heavy atom. The Balaban J connectivity index is 2.31. The molecule has 1 aliphatic rings. The van der Waals surface area contributed by atoms with Gasteiger partial charge in [0.15, 0.2) is 0 Å². The molecule has 0 amide bonds. The van der Waals surface area contributed by atoms with E-state index < -0.39 is 0 Å². The van der Waals surface area contributed by atoms with Gasteiger partial charge < -0.3 is 0 Å². The molecule has 0 aromatic rings. The summed E-state index contributed by atoms with van der Waals surface area (Å²) in [5.41, 5.74) is 1.79. The molecular weight excluding hydrogens is 187 g/mol. The molecule has 1 heteroatoms. The average Bonchev–Trinajstić information content (AvgIpc) is 2.31. The molecule has 0 aromatic heterocycles. The van der Waals surface area contributed by atoms with E-state index in [9.17, 15) is 0 Å². The molecule has 1 aliphatic heterocycles. The quantitative estimate of drug-likeness (QED) is 0.618. The van der Waals surface area contributed by atoms with E-state index in [4.69, 9.17) is 0 Å². The minimum atomic E-state index is 0.878. The molecular formula is C9H16Se. The Labute approximate surface area is 70.2 Å². The molecule has 0 fully saturated rings.